The Morgan fingerprint density at radius 2 is 2.08 bits per heavy atom. The van der Waals surface area contributed by atoms with E-state index < -0.39 is 0 Å². The van der Waals surface area contributed by atoms with Crippen molar-refractivity contribution in [2.45, 2.75) is 38.1 Å². The molecule has 2 rings (SSSR count). The van der Waals surface area contributed by atoms with Gasteiger partial charge in [0, 0.05) is 12.2 Å². The average molecular weight is 165 g/mol. The highest BCUT2D eigenvalue weighted by molar-refractivity contribution is 4.87. The first-order valence-corrected chi connectivity index (χ1v) is 4.71. The minimum absolute atomic E-state index is 0.638. The summed E-state index contributed by atoms with van der Waals surface area (Å²) in [6.45, 7) is 0. The molecule has 0 saturated heterocycles. The maximum atomic E-state index is 4.12. The van der Waals surface area contributed by atoms with Crippen LogP contribution in [-0.4, -0.2) is 15.9 Å². The first-order valence-electron chi connectivity index (χ1n) is 4.71. The summed E-state index contributed by atoms with van der Waals surface area (Å²) >= 11 is 0. The molecule has 0 bridgehead atoms. The van der Waals surface area contributed by atoms with Gasteiger partial charge in [0.2, 0.25) is 0 Å². The number of rotatable bonds is 2. The van der Waals surface area contributed by atoms with Crippen molar-refractivity contribution in [3.05, 3.63) is 18.5 Å². The van der Waals surface area contributed by atoms with Gasteiger partial charge in [-0.2, -0.15) is 9.89 Å². The van der Waals surface area contributed by atoms with Gasteiger partial charge >= 0.3 is 0 Å². The van der Waals surface area contributed by atoms with Gasteiger partial charge in [-0.15, -0.1) is 0 Å². The zero-order valence-corrected chi connectivity index (χ0v) is 7.24. The van der Waals surface area contributed by atoms with E-state index in [1.807, 2.05) is 17.1 Å². The molecule has 0 aromatic carbocycles. The van der Waals surface area contributed by atoms with Crippen molar-refractivity contribution in [1.29, 1.82) is 0 Å². The highest BCUT2D eigenvalue weighted by Gasteiger charge is 2.12. The normalized spacial score (nSPS) is 19.3. The van der Waals surface area contributed by atoms with Crippen molar-refractivity contribution in [2.75, 3.05) is 5.43 Å². The number of aromatic nitrogens is 2. The van der Waals surface area contributed by atoms with Gasteiger partial charge in [-0.1, -0.05) is 19.3 Å². The summed E-state index contributed by atoms with van der Waals surface area (Å²) in [5.41, 5.74) is 3.37. The van der Waals surface area contributed by atoms with Crippen LogP contribution >= 0.6 is 0 Å². The Kier molecular flexibility index (Phi) is 2.30. The summed E-state index contributed by atoms with van der Waals surface area (Å²) in [6, 6.07) is 2.58. The summed E-state index contributed by atoms with van der Waals surface area (Å²) in [5, 5.41) is 4.12. The molecule has 12 heavy (non-hydrogen) atoms. The summed E-state index contributed by atoms with van der Waals surface area (Å²) in [4.78, 5) is 1.82. The zero-order chi connectivity index (χ0) is 8.23. The third-order valence-electron chi connectivity index (χ3n) is 2.42. The number of nitrogens with zero attached hydrogens (tertiary/aromatic N) is 2. The van der Waals surface area contributed by atoms with Gasteiger partial charge in [0.15, 0.2) is 0 Å². The van der Waals surface area contributed by atoms with E-state index in [1.165, 1.54) is 32.1 Å². The van der Waals surface area contributed by atoms with E-state index in [2.05, 4.69) is 10.5 Å². The molecule has 1 aromatic rings. The van der Waals surface area contributed by atoms with E-state index in [9.17, 15) is 0 Å². The molecule has 0 aliphatic heterocycles. The molecule has 0 spiro atoms. The Hall–Kier alpha value is -0.990. The highest BCUT2D eigenvalue weighted by Crippen LogP contribution is 2.17. The lowest BCUT2D eigenvalue weighted by molar-refractivity contribution is 0.430. The molecule has 1 fully saturated rings. The molecule has 3 nitrogen and oxygen atoms in total. The quantitative estimate of drug-likeness (QED) is 0.723. The van der Waals surface area contributed by atoms with Crippen LogP contribution in [0.1, 0.15) is 32.1 Å². The molecule has 0 amide bonds. The SMILES string of the molecule is c1cnn(NC2CCCCC2)c1. The van der Waals surface area contributed by atoms with Gasteiger partial charge in [0.25, 0.3) is 0 Å². The second-order valence-corrected chi connectivity index (χ2v) is 3.41. The van der Waals surface area contributed by atoms with Crippen molar-refractivity contribution >= 4 is 0 Å². The predicted molar refractivity (Wildman–Crippen MR) is 48.5 cm³/mol. The molecule has 0 atom stereocenters. The van der Waals surface area contributed by atoms with Crippen LogP contribution in [0.15, 0.2) is 18.5 Å². The highest BCUT2D eigenvalue weighted by atomic mass is 15.6. The van der Waals surface area contributed by atoms with Crippen molar-refractivity contribution in [3.8, 4) is 0 Å². The van der Waals surface area contributed by atoms with E-state index in [0.29, 0.717) is 6.04 Å². The third-order valence-corrected chi connectivity index (χ3v) is 2.42. The lowest BCUT2D eigenvalue weighted by Gasteiger charge is -2.23. The van der Waals surface area contributed by atoms with Gasteiger partial charge in [-0.3, -0.25) is 0 Å². The van der Waals surface area contributed by atoms with E-state index in [4.69, 9.17) is 0 Å². The Balaban J connectivity index is 1.86. The number of hydrogen-bond acceptors (Lipinski definition) is 2. The van der Waals surface area contributed by atoms with Crippen LogP contribution in [0.3, 0.4) is 0 Å². The van der Waals surface area contributed by atoms with Crippen LogP contribution < -0.4 is 5.43 Å². The molecule has 1 N–H and O–H groups in total. The van der Waals surface area contributed by atoms with E-state index in [0.717, 1.165) is 0 Å². The van der Waals surface area contributed by atoms with Crippen LogP contribution in [0.25, 0.3) is 0 Å². The minimum atomic E-state index is 0.638. The van der Waals surface area contributed by atoms with Gasteiger partial charge < -0.3 is 5.43 Å². The molecule has 1 heterocycles. The fourth-order valence-corrected chi connectivity index (χ4v) is 1.76. The number of hydrogen-bond donors (Lipinski definition) is 1. The number of nitrogens with one attached hydrogen (secondary N) is 1. The second-order valence-electron chi connectivity index (χ2n) is 3.41. The Morgan fingerprint density at radius 1 is 1.25 bits per heavy atom. The maximum absolute atomic E-state index is 4.12. The maximum Gasteiger partial charge on any atom is 0.0510 e. The summed E-state index contributed by atoms with van der Waals surface area (Å²) < 4.78 is 0. The largest absolute Gasteiger partial charge is 0.307 e. The standard InChI is InChI=1S/C9H15N3/c1-2-5-9(6-3-1)11-12-8-4-7-10-12/h4,7-9,11H,1-3,5-6H2. The summed E-state index contributed by atoms with van der Waals surface area (Å²) in [7, 11) is 0. The monoisotopic (exact) mass is 165 g/mol. The molecule has 1 aliphatic carbocycles. The van der Waals surface area contributed by atoms with E-state index in [-0.39, 0.29) is 0 Å². The Bertz CT molecular complexity index is 212. The lowest BCUT2D eigenvalue weighted by Crippen LogP contribution is -2.29. The molecule has 1 aromatic heterocycles. The van der Waals surface area contributed by atoms with Gasteiger partial charge in [-0.05, 0) is 18.9 Å². The zero-order valence-electron chi connectivity index (χ0n) is 7.24. The summed E-state index contributed by atoms with van der Waals surface area (Å²) in [6.07, 6.45) is 10.5. The van der Waals surface area contributed by atoms with Gasteiger partial charge in [-0.25, -0.2) is 0 Å². The van der Waals surface area contributed by atoms with E-state index in [1.54, 1.807) is 6.20 Å². The van der Waals surface area contributed by atoms with Gasteiger partial charge in [0.05, 0.1) is 6.20 Å². The Morgan fingerprint density at radius 3 is 2.75 bits per heavy atom. The third kappa shape index (κ3) is 1.78. The molecule has 3 heteroatoms. The fourth-order valence-electron chi connectivity index (χ4n) is 1.76. The smallest absolute Gasteiger partial charge is 0.0510 e. The molecule has 0 unspecified atom stereocenters. The summed E-state index contributed by atoms with van der Waals surface area (Å²) in [5.74, 6) is 0. The topological polar surface area (TPSA) is 29.9 Å². The van der Waals surface area contributed by atoms with Crippen molar-refractivity contribution in [1.82, 2.24) is 9.89 Å². The predicted octanol–water partition coefficient (Wildman–Crippen LogP) is 1.76. The van der Waals surface area contributed by atoms with Crippen molar-refractivity contribution < 1.29 is 0 Å². The molecule has 66 valence electrons. The molecule has 1 aliphatic rings. The van der Waals surface area contributed by atoms with E-state index >= 15 is 0 Å². The lowest BCUT2D eigenvalue weighted by atomic mass is 9.96. The molecular formula is C9H15N3. The van der Waals surface area contributed by atoms with Crippen LogP contribution in [0.2, 0.25) is 0 Å². The van der Waals surface area contributed by atoms with Crippen LogP contribution in [0.4, 0.5) is 0 Å². The van der Waals surface area contributed by atoms with Crippen LogP contribution in [-0.2, 0) is 0 Å². The average Bonchev–Trinajstić information content (AvgIpc) is 2.59. The van der Waals surface area contributed by atoms with Crippen LogP contribution in [0, 0.1) is 0 Å². The molecular weight excluding hydrogens is 150 g/mol. The minimum Gasteiger partial charge on any atom is -0.307 e. The Labute approximate surface area is 72.7 Å². The second kappa shape index (κ2) is 3.61. The van der Waals surface area contributed by atoms with Crippen LogP contribution in [0.5, 0.6) is 0 Å². The first kappa shape index (κ1) is 7.65. The molecule has 0 radical (unpaired) electrons. The van der Waals surface area contributed by atoms with Gasteiger partial charge in [0.1, 0.15) is 0 Å². The first-order chi connectivity index (χ1) is 5.95. The fraction of sp³-hybridized carbons (Fsp3) is 0.667. The molecule has 1 saturated carbocycles. The van der Waals surface area contributed by atoms with Crippen molar-refractivity contribution in [2.24, 2.45) is 0 Å². The van der Waals surface area contributed by atoms with Crippen molar-refractivity contribution in [3.63, 3.8) is 0 Å².